The first-order valence-corrected chi connectivity index (χ1v) is 12.0. The zero-order valence-electron chi connectivity index (χ0n) is 21.0. The van der Waals surface area contributed by atoms with Crippen LogP contribution in [0.3, 0.4) is 0 Å². The maximum atomic E-state index is 13.8. The van der Waals surface area contributed by atoms with E-state index in [4.69, 9.17) is 9.72 Å². The molecule has 3 N–H and O–H groups in total. The van der Waals surface area contributed by atoms with Gasteiger partial charge in [-0.25, -0.2) is 9.97 Å². The van der Waals surface area contributed by atoms with Crippen molar-refractivity contribution in [1.29, 1.82) is 0 Å². The molecular weight excluding hydrogens is 422 g/mol. The predicted octanol–water partition coefficient (Wildman–Crippen LogP) is 2.77. The fourth-order valence-electron chi connectivity index (χ4n) is 3.85. The Morgan fingerprint density at radius 1 is 1.33 bits per heavy atom. The monoisotopic (exact) mass is 463 g/mol. The van der Waals surface area contributed by atoms with Gasteiger partial charge in [0.2, 0.25) is 0 Å². The summed E-state index contributed by atoms with van der Waals surface area (Å²) < 4.78 is 5.41. The van der Waals surface area contributed by atoms with Gasteiger partial charge in [-0.15, -0.1) is 0 Å². The minimum Gasteiger partial charge on any atom is -0.481 e. The van der Waals surface area contributed by atoms with Gasteiger partial charge in [-0.2, -0.15) is 0 Å². The summed E-state index contributed by atoms with van der Waals surface area (Å²) in [5, 5.41) is 16.0. The molecule has 1 aromatic heterocycles. The number of carboxylic acid groups (broad SMARTS) is 1. The van der Waals surface area contributed by atoms with E-state index in [0.717, 1.165) is 6.42 Å². The molecule has 2 heterocycles. The molecule has 0 bridgehead atoms. The van der Waals surface area contributed by atoms with Crippen LogP contribution in [-0.4, -0.2) is 77.3 Å². The SMILES string of the molecule is CCOCCCNc1nc(C(C)(C)C)ncc1C(=O)N(CC(C)C)C1CNCC(C(=O)O)C1. The van der Waals surface area contributed by atoms with Crippen molar-refractivity contribution in [1.82, 2.24) is 20.2 Å². The van der Waals surface area contributed by atoms with Gasteiger partial charge in [-0.3, -0.25) is 9.59 Å². The average Bonchev–Trinajstić information content (AvgIpc) is 2.76. The number of nitrogens with one attached hydrogen (secondary N) is 2. The third-order valence-electron chi connectivity index (χ3n) is 5.59. The van der Waals surface area contributed by atoms with Gasteiger partial charge >= 0.3 is 5.97 Å². The largest absolute Gasteiger partial charge is 0.481 e. The number of carboxylic acids is 1. The van der Waals surface area contributed by atoms with Crippen LogP contribution < -0.4 is 10.6 Å². The molecule has 186 valence electrons. The standard InChI is InChI=1S/C24H41N5O4/c1-7-33-10-8-9-26-20-19(14-27-23(28-20)24(4,5)6)21(30)29(15-16(2)3)18-11-17(22(31)32)12-25-13-18/h14,16-18,25H,7-13,15H2,1-6H3,(H,31,32)(H,26,27,28). The second-order valence-corrected chi connectivity index (χ2v) is 10.1. The van der Waals surface area contributed by atoms with Gasteiger partial charge in [-0.05, 0) is 25.7 Å². The van der Waals surface area contributed by atoms with E-state index in [1.165, 1.54) is 0 Å². The van der Waals surface area contributed by atoms with Gasteiger partial charge < -0.3 is 25.4 Å². The molecule has 0 radical (unpaired) electrons. The van der Waals surface area contributed by atoms with Crippen molar-refractivity contribution in [3.63, 3.8) is 0 Å². The van der Waals surface area contributed by atoms with Crippen LogP contribution in [-0.2, 0) is 14.9 Å². The van der Waals surface area contributed by atoms with Gasteiger partial charge in [-0.1, -0.05) is 34.6 Å². The first kappa shape index (κ1) is 27.0. The molecule has 1 aliphatic rings. The van der Waals surface area contributed by atoms with E-state index in [-0.39, 0.29) is 23.3 Å². The van der Waals surface area contributed by atoms with Crippen LogP contribution in [0.4, 0.5) is 5.82 Å². The topological polar surface area (TPSA) is 117 Å². The van der Waals surface area contributed by atoms with Crippen molar-refractivity contribution in [3.8, 4) is 0 Å². The van der Waals surface area contributed by atoms with Gasteiger partial charge in [0.05, 0.1) is 5.92 Å². The number of hydrogen-bond donors (Lipinski definition) is 3. The van der Waals surface area contributed by atoms with E-state index in [0.29, 0.717) is 63.0 Å². The Kier molecular flexibility index (Phi) is 10.0. The molecule has 1 aromatic rings. The Bertz CT molecular complexity index is 794. The van der Waals surface area contributed by atoms with E-state index in [1.807, 2.05) is 27.7 Å². The van der Waals surface area contributed by atoms with E-state index in [1.54, 1.807) is 11.1 Å². The zero-order chi connectivity index (χ0) is 24.6. The lowest BCUT2D eigenvalue weighted by atomic mass is 9.93. The van der Waals surface area contributed by atoms with Gasteiger partial charge in [0.25, 0.3) is 5.91 Å². The number of aromatic nitrogens is 2. The van der Waals surface area contributed by atoms with Crippen molar-refractivity contribution >= 4 is 17.7 Å². The number of aliphatic carboxylic acids is 1. The van der Waals surface area contributed by atoms with E-state index < -0.39 is 11.9 Å². The average molecular weight is 464 g/mol. The smallest absolute Gasteiger partial charge is 0.307 e. The highest BCUT2D eigenvalue weighted by atomic mass is 16.5. The lowest BCUT2D eigenvalue weighted by Gasteiger charge is -2.38. The number of carbonyl (C=O) groups excluding carboxylic acids is 1. The number of ether oxygens (including phenoxy) is 1. The highest BCUT2D eigenvalue weighted by Gasteiger charge is 2.34. The molecule has 0 aliphatic carbocycles. The van der Waals surface area contributed by atoms with E-state index >= 15 is 0 Å². The summed E-state index contributed by atoms with van der Waals surface area (Å²) in [5.74, 6) is -0.109. The molecule has 0 aromatic carbocycles. The molecule has 0 saturated carbocycles. The normalized spacial score (nSPS) is 18.9. The zero-order valence-corrected chi connectivity index (χ0v) is 21.0. The molecule has 2 atom stereocenters. The number of hydrogen-bond acceptors (Lipinski definition) is 7. The molecule has 1 saturated heterocycles. The van der Waals surface area contributed by atoms with E-state index in [9.17, 15) is 14.7 Å². The van der Waals surface area contributed by atoms with Crippen molar-refractivity contribution < 1.29 is 19.4 Å². The molecule has 2 rings (SSSR count). The Labute approximate surface area is 197 Å². The van der Waals surface area contributed by atoms with Crippen molar-refractivity contribution in [2.45, 2.75) is 65.8 Å². The molecule has 1 aliphatic heterocycles. The highest BCUT2D eigenvalue weighted by Crippen LogP contribution is 2.25. The van der Waals surface area contributed by atoms with Crippen LogP contribution in [0, 0.1) is 11.8 Å². The quantitative estimate of drug-likeness (QED) is 0.429. The third-order valence-corrected chi connectivity index (χ3v) is 5.59. The second-order valence-electron chi connectivity index (χ2n) is 10.1. The lowest BCUT2D eigenvalue weighted by Crippen LogP contribution is -2.53. The minimum atomic E-state index is -0.835. The summed E-state index contributed by atoms with van der Waals surface area (Å²) in [4.78, 5) is 36.4. The minimum absolute atomic E-state index is 0.172. The fourth-order valence-corrected chi connectivity index (χ4v) is 3.85. The first-order chi connectivity index (χ1) is 15.5. The van der Waals surface area contributed by atoms with Crippen molar-refractivity contribution in [2.24, 2.45) is 11.8 Å². The third kappa shape index (κ3) is 7.92. The summed E-state index contributed by atoms with van der Waals surface area (Å²) in [6.07, 6.45) is 2.83. The summed E-state index contributed by atoms with van der Waals surface area (Å²) >= 11 is 0. The van der Waals surface area contributed by atoms with Crippen LogP contribution in [0.1, 0.15) is 70.6 Å². The highest BCUT2D eigenvalue weighted by molar-refractivity contribution is 5.98. The summed E-state index contributed by atoms with van der Waals surface area (Å²) in [5.41, 5.74) is 0.153. The van der Waals surface area contributed by atoms with E-state index in [2.05, 4.69) is 29.5 Å². The second kappa shape index (κ2) is 12.3. The Morgan fingerprint density at radius 3 is 2.67 bits per heavy atom. The molecule has 0 spiro atoms. The van der Waals surface area contributed by atoms with Gasteiger partial charge in [0.1, 0.15) is 17.2 Å². The van der Waals surface area contributed by atoms with Crippen LogP contribution in [0.2, 0.25) is 0 Å². The fraction of sp³-hybridized carbons (Fsp3) is 0.750. The molecule has 9 nitrogen and oxygen atoms in total. The van der Waals surface area contributed by atoms with Crippen LogP contribution in [0.5, 0.6) is 0 Å². The Hall–Kier alpha value is -2.26. The number of amides is 1. The van der Waals surface area contributed by atoms with Gasteiger partial charge in [0.15, 0.2) is 0 Å². The van der Waals surface area contributed by atoms with Crippen LogP contribution in [0.15, 0.2) is 6.20 Å². The molecule has 2 unspecified atom stereocenters. The molecular formula is C24H41N5O4. The predicted molar refractivity (Wildman–Crippen MR) is 129 cm³/mol. The molecule has 33 heavy (non-hydrogen) atoms. The molecule has 1 fully saturated rings. The lowest BCUT2D eigenvalue weighted by molar-refractivity contribution is -0.142. The molecule has 1 amide bonds. The Balaban J connectivity index is 2.33. The molecule has 9 heteroatoms. The van der Waals surface area contributed by atoms with Gasteiger partial charge in [0, 0.05) is 57.0 Å². The number of rotatable bonds is 11. The van der Waals surface area contributed by atoms with Crippen molar-refractivity contribution in [3.05, 3.63) is 17.6 Å². The maximum absolute atomic E-state index is 13.8. The van der Waals surface area contributed by atoms with Crippen LogP contribution >= 0.6 is 0 Å². The number of anilines is 1. The number of nitrogens with zero attached hydrogens (tertiary/aromatic N) is 3. The summed E-state index contributed by atoms with van der Waals surface area (Å²) in [6.45, 7) is 15.6. The van der Waals surface area contributed by atoms with Crippen molar-refractivity contribution in [2.75, 3.05) is 44.7 Å². The number of carbonyl (C=O) groups is 2. The Morgan fingerprint density at radius 2 is 2.06 bits per heavy atom. The van der Waals surface area contributed by atoms with Crippen LogP contribution in [0.25, 0.3) is 0 Å². The summed E-state index contributed by atoms with van der Waals surface area (Å²) in [6, 6.07) is -0.206. The first-order valence-electron chi connectivity index (χ1n) is 12.0. The maximum Gasteiger partial charge on any atom is 0.307 e. The number of piperidine rings is 1. The summed E-state index contributed by atoms with van der Waals surface area (Å²) in [7, 11) is 0.